The summed E-state index contributed by atoms with van der Waals surface area (Å²) in [5.74, 6) is 1.19. The Labute approximate surface area is 99.4 Å². The summed E-state index contributed by atoms with van der Waals surface area (Å²) in [6, 6.07) is 0. The Bertz CT molecular complexity index is 247. The molecule has 1 aliphatic heterocycles. The molecule has 0 bridgehead atoms. The molecule has 2 rings (SSSR count). The van der Waals surface area contributed by atoms with Gasteiger partial charge in [-0.25, -0.2) is 0 Å². The fraction of sp³-hybridized carbons (Fsp3) is 0.929. The third kappa shape index (κ3) is 2.85. The number of likely N-dealkylation sites (tertiary alicyclic amines) is 1. The molecule has 16 heavy (non-hydrogen) atoms. The third-order valence-electron chi connectivity index (χ3n) is 4.25. The number of carbonyl (C=O) groups is 1. The van der Waals surface area contributed by atoms with E-state index < -0.39 is 0 Å². The van der Waals surface area contributed by atoms with Crippen LogP contribution in [0.3, 0.4) is 0 Å². The van der Waals surface area contributed by atoms with Crippen LogP contribution in [0.4, 0.5) is 0 Å². The lowest BCUT2D eigenvalue weighted by Crippen LogP contribution is -2.50. The highest BCUT2D eigenvalue weighted by Crippen LogP contribution is 2.35. The highest BCUT2D eigenvalue weighted by Gasteiger charge is 2.37. The molecule has 2 fully saturated rings. The molecule has 0 aromatic heterocycles. The minimum atomic E-state index is -0.215. The fourth-order valence-corrected chi connectivity index (χ4v) is 2.64. The van der Waals surface area contributed by atoms with Gasteiger partial charge in [-0.15, -0.1) is 0 Å². The minimum Gasteiger partial charge on any atom is -0.298 e. The molecular weight excluding hydrogens is 198 g/mol. The van der Waals surface area contributed by atoms with Gasteiger partial charge in [0.2, 0.25) is 0 Å². The van der Waals surface area contributed by atoms with Crippen LogP contribution in [-0.2, 0) is 4.79 Å². The Hall–Kier alpha value is -0.370. The predicted molar refractivity (Wildman–Crippen MR) is 66.5 cm³/mol. The van der Waals surface area contributed by atoms with Gasteiger partial charge in [-0.2, -0.15) is 0 Å². The Kier molecular flexibility index (Phi) is 3.68. The molecule has 0 aromatic rings. The first kappa shape index (κ1) is 12.1. The van der Waals surface area contributed by atoms with Crippen LogP contribution in [0.15, 0.2) is 0 Å². The van der Waals surface area contributed by atoms with Crippen LogP contribution in [-0.4, -0.2) is 29.3 Å². The van der Waals surface area contributed by atoms with E-state index in [9.17, 15) is 4.79 Å². The van der Waals surface area contributed by atoms with Gasteiger partial charge in [0, 0.05) is 6.42 Å². The Balaban J connectivity index is 1.94. The van der Waals surface area contributed by atoms with Crippen LogP contribution >= 0.6 is 0 Å². The Morgan fingerprint density at radius 2 is 1.69 bits per heavy atom. The van der Waals surface area contributed by atoms with Gasteiger partial charge in [-0.05, 0) is 58.5 Å². The van der Waals surface area contributed by atoms with Crippen LogP contribution < -0.4 is 0 Å². The van der Waals surface area contributed by atoms with E-state index in [1.54, 1.807) is 0 Å². The average molecular weight is 223 g/mol. The van der Waals surface area contributed by atoms with E-state index in [0.29, 0.717) is 5.78 Å². The van der Waals surface area contributed by atoms with Crippen LogP contribution in [0.25, 0.3) is 0 Å². The molecule has 1 saturated heterocycles. The third-order valence-corrected chi connectivity index (χ3v) is 4.25. The summed E-state index contributed by atoms with van der Waals surface area (Å²) in [7, 11) is 0. The van der Waals surface area contributed by atoms with Crippen LogP contribution in [0, 0.1) is 5.92 Å². The maximum absolute atomic E-state index is 12.3. The molecule has 92 valence electrons. The molecule has 1 heterocycles. The second-order valence-electron chi connectivity index (χ2n) is 6.03. The number of ketones is 1. The number of Topliss-reactive ketones (excluding diaryl/α,β-unsaturated/α-hetero) is 1. The molecule has 2 heteroatoms. The number of hydrogen-bond donors (Lipinski definition) is 0. The number of rotatable bonds is 4. The fourth-order valence-electron chi connectivity index (χ4n) is 2.64. The van der Waals surface area contributed by atoms with Gasteiger partial charge < -0.3 is 0 Å². The summed E-state index contributed by atoms with van der Waals surface area (Å²) in [5, 5.41) is 0. The maximum Gasteiger partial charge on any atom is 0.152 e. The van der Waals surface area contributed by atoms with Crippen molar-refractivity contribution in [3.8, 4) is 0 Å². The second-order valence-corrected chi connectivity index (χ2v) is 6.03. The van der Waals surface area contributed by atoms with Crippen molar-refractivity contribution >= 4 is 5.78 Å². The van der Waals surface area contributed by atoms with Crippen molar-refractivity contribution in [1.29, 1.82) is 0 Å². The number of hydrogen-bond acceptors (Lipinski definition) is 2. The van der Waals surface area contributed by atoms with Gasteiger partial charge in [-0.3, -0.25) is 9.69 Å². The van der Waals surface area contributed by atoms with Crippen molar-refractivity contribution in [1.82, 2.24) is 4.90 Å². The molecule has 2 aliphatic rings. The maximum atomic E-state index is 12.3. The molecular formula is C14H25NO. The van der Waals surface area contributed by atoms with Crippen molar-refractivity contribution in [3.05, 3.63) is 0 Å². The monoisotopic (exact) mass is 223 g/mol. The lowest BCUT2D eigenvalue weighted by molar-refractivity contribution is -0.129. The van der Waals surface area contributed by atoms with E-state index in [1.807, 2.05) is 0 Å². The number of nitrogens with zero attached hydrogens (tertiary/aromatic N) is 1. The summed E-state index contributed by atoms with van der Waals surface area (Å²) in [5.41, 5.74) is -0.215. The summed E-state index contributed by atoms with van der Waals surface area (Å²) < 4.78 is 0. The zero-order chi connectivity index (χ0) is 11.6. The van der Waals surface area contributed by atoms with E-state index in [0.717, 1.165) is 25.4 Å². The summed E-state index contributed by atoms with van der Waals surface area (Å²) in [4.78, 5) is 14.7. The van der Waals surface area contributed by atoms with Gasteiger partial charge in [0.25, 0.3) is 0 Å². The van der Waals surface area contributed by atoms with E-state index in [2.05, 4.69) is 18.7 Å². The molecule has 1 saturated carbocycles. The zero-order valence-corrected chi connectivity index (χ0v) is 10.8. The van der Waals surface area contributed by atoms with Crippen molar-refractivity contribution in [2.75, 3.05) is 13.1 Å². The summed E-state index contributed by atoms with van der Waals surface area (Å²) >= 11 is 0. The Morgan fingerprint density at radius 3 is 2.19 bits per heavy atom. The van der Waals surface area contributed by atoms with Crippen molar-refractivity contribution in [2.24, 2.45) is 5.92 Å². The topological polar surface area (TPSA) is 20.3 Å². The van der Waals surface area contributed by atoms with Gasteiger partial charge in [0.15, 0.2) is 5.78 Å². The predicted octanol–water partition coefficient (Wildman–Crippen LogP) is 3.01. The highest BCUT2D eigenvalue weighted by molar-refractivity contribution is 5.87. The molecule has 0 amide bonds. The highest BCUT2D eigenvalue weighted by atomic mass is 16.1. The lowest BCUT2D eigenvalue weighted by atomic mass is 9.92. The first-order valence-electron chi connectivity index (χ1n) is 6.89. The van der Waals surface area contributed by atoms with E-state index >= 15 is 0 Å². The smallest absolute Gasteiger partial charge is 0.152 e. The van der Waals surface area contributed by atoms with Gasteiger partial charge >= 0.3 is 0 Å². The Morgan fingerprint density at radius 1 is 1.12 bits per heavy atom. The molecule has 0 spiro atoms. The first-order valence-corrected chi connectivity index (χ1v) is 6.89. The van der Waals surface area contributed by atoms with Gasteiger partial charge in [-0.1, -0.05) is 12.8 Å². The minimum absolute atomic E-state index is 0.215. The SMILES string of the molecule is CC(C)(C(=O)CC1CC1)N1CCCCCC1. The molecule has 2 nitrogen and oxygen atoms in total. The zero-order valence-electron chi connectivity index (χ0n) is 10.8. The normalized spacial score (nSPS) is 24.1. The van der Waals surface area contributed by atoms with Crippen LogP contribution in [0.2, 0.25) is 0 Å². The first-order chi connectivity index (χ1) is 7.60. The molecule has 0 aromatic carbocycles. The van der Waals surface area contributed by atoms with E-state index in [-0.39, 0.29) is 5.54 Å². The average Bonchev–Trinajstić information content (AvgIpc) is 3.02. The van der Waals surface area contributed by atoms with E-state index in [1.165, 1.54) is 38.5 Å². The molecule has 0 radical (unpaired) electrons. The van der Waals surface area contributed by atoms with Gasteiger partial charge in [0.1, 0.15) is 0 Å². The van der Waals surface area contributed by atoms with Gasteiger partial charge in [0.05, 0.1) is 5.54 Å². The van der Waals surface area contributed by atoms with Crippen LogP contribution in [0.5, 0.6) is 0 Å². The summed E-state index contributed by atoms with van der Waals surface area (Å²) in [6.07, 6.45) is 8.58. The quantitative estimate of drug-likeness (QED) is 0.730. The molecule has 0 atom stereocenters. The standard InChI is InChI=1S/C14H25NO/c1-14(2,13(16)11-12-7-8-12)15-9-5-3-4-6-10-15/h12H,3-11H2,1-2H3. The second kappa shape index (κ2) is 4.87. The van der Waals surface area contributed by atoms with Crippen LogP contribution in [0.1, 0.15) is 58.8 Å². The molecule has 1 aliphatic carbocycles. The van der Waals surface area contributed by atoms with Crippen molar-refractivity contribution < 1.29 is 4.79 Å². The number of carbonyl (C=O) groups excluding carboxylic acids is 1. The molecule has 0 unspecified atom stereocenters. The summed E-state index contributed by atoms with van der Waals surface area (Å²) in [6.45, 7) is 6.48. The lowest BCUT2D eigenvalue weighted by Gasteiger charge is -2.36. The van der Waals surface area contributed by atoms with Crippen molar-refractivity contribution in [3.63, 3.8) is 0 Å². The molecule has 0 N–H and O–H groups in total. The van der Waals surface area contributed by atoms with Crippen molar-refractivity contribution in [2.45, 2.75) is 64.3 Å². The largest absolute Gasteiger partial charge is 0.298 e. The van der Waals surface area contributed by atoms with E-state index in [4.69, 9.17) is 0 Å².